The van der Waals surface area contributed by atoms with E-state index in [0.717, 1.165) is 18.6 Å². The maximum Gasteiger partial charge on any atom is 0.198 e. The molecule has 78 valence electrons. The molecule has 0 N–H and O–H groups in total. The molecule has 0 radical (unpaired) electrons. The van der Waals surface area contributed by atoms with E-state index in [2.05, 4.69) is 13.8 Å². The van der Waals surface area contributed by atoms with Crippen molar-refractivity contribution < 1.29 is 9.21 Å². The number of hydrogen-bond acceptors (Lipinski definition) is 2. The van der Waals surface area contributed by atoms with Gasteiger partial charge in [-0.2, -0.15) is 0 Å². The lowest BCUT2D eigenvalue weighted by atomic mass is 9.99. The van der Waals surface area contributed by atoms with E-state index in [-0.39, 0.29) is 5.78 Å². The summed E-state index contributed by atoms with van der Waals surface area (Å²) in [6, 6.07) is 3.59. The summed E-state index contributed by atoms with van der Waals surface area (Å²) in [6.07, 6.45) is 2.83. The summed E-state index contributed by atoms with van der Waals surface area (Å²) in [6.45, 7) is 6.10. The Kier molecular flexibility index (Phi) is 3.93. The summed E-state index contributed by atoms with van der Waals surface area (Å²) in [7, 11) is 0. The second-order valence-corrected chi connectivity index (χ2v) is 3.93. The van der Waals surface area contributed by atoms with Crippen LogP contribution in [0, 0.1) is 12.8 Å². The first-order valence-electron chi connectivity index (χ1n) is 5.23. The smallest absolute Gasteiger partial charge is 0.198 e. The van der Waals surface area contributed by atoms with Gasteiger partial charge in [-0.05, 0) is 25.0 Å². The molecule has 0 fully saturated rings. The molecular formula is C12H18O2. The molecule has 0 bridgehead atoms. The minimum atomic E-state index is 0.124. The fourth-order valence-corrected chi connectivity index (χ4v) is 1.60. The van der Waals surface area contributed by atoms with Gasteiger partial charge in [0.1, 0.15) is 5.76 Å². The average molecular weight is 194 g/mol. The minimum absolute atomic E-state index is 0.124. The molecule has 0 saturated carbocycles. The van der Waals surface area contributed by atoms with Crippen molar-refractivity contribution in [3.8, 4) is 0 Å². The van der Waals surface area contributed by atoms with Crippen LogP contribution in [0.4, 0.5) is 0 Å². The van der Waals surface area contributed by atoms with Crippen molar-refractivity contribution >= 4 is 5.78 Å². The highest BCUT2D eigenvalue weighted by atomic mass is 16.3. The standard InChI is InChI=1S/C12H18O2/c1-4-5-9(2)8-11(13)12-7-6-10(3)14-12/h6-7,9H,4-5,8H2,1-3H3. The van der Waals surface area contributed by atoms with Crippen molar-refractivity contribution in [2.24, 2.45) is 5.92 Å². The number of carbonyl (C=O) groups is 1. The van der Waals surface area contributed by atoms with Crippen LogP contribution in [0.15, 0.2) is 16.5 Å². The second kappa shape index (κ2) is 4.99. The van der Waals surface area contributed by atoms with E-state index in [4.69, 9.17) is 4.42 Å². The molecule has 0 aliphatic rings. The van der Waals surface area contributed by atoms with Crippen LogP contribution >= 0.6 is 0 Å². The maximum absolute atomic E-state index is 11.6. The van der Waals surface area contributed by atoms with Gasteiger partial charge in [0.15, 0.2) is 11.5 Å². The van der Waals surface area contributed by atoms with E-state index in [9.17, 15) is 4.79 Å². The molecule has 0 aliphatic heterocycles. The highest BCUT2D eigenvalue weighted by Crippen LogP contribution is 2.15. The molecule has 2 heteroatoms. The van der Waals surface area contributed by atoms with Gasteiger partial charge < -0.3 is 4.42 Å². The number of Topliss-reactive ketones (excluding diaryl/α,β-unsaturated/α-hetero) is 1. The molecule has 1 aromatic rings. The number of ketones is 1. The van der Waals surface area contributed by atoms with E-state index < -0.39 is 0 Å². The number of furan rings is 1. The first kappa shape index (κ1) is 11.0. The Balaban J connectivity index is 2.50. The first-order valence-corrected chi connectivity index (χ1v) is 5.23. The molecule has 1 aromatic heterocycles. The summed E-state index contributed by atoms with van der Waals surface area (Å²) in [5, 5.41) is 0. The van der Waals surface area contributed by atoms with E-state index in [1.54, 1.807) is 6.07 Å². The number of rotatable bonds is 5. The highest BCUT2D eigenvalue weighted by Gasteiger charge is 2.13. The third kappa shape index (κ3) is 3.02. The van der Waals surface area contributed by atoms with E-state index >= 15 is 0 Å². The zero-order valence-electron chi connectivity index (χ0n) is 9.17. The summed E-state index contributed by atoms with van der Waals surface area (Å²) in [4.78, 5) is 11.6. The Morgan fingerprint density at radius 1 is 1.50 bits per heavy atom. The van der Waals surface area contributed by atoms with Gasteiger partial charge >= 0.3 is 0 Å². The van der Waals surface area contributed by atoms with Crippen LogP contribution in [0.3, 0.4) is 0 Å². The molecule has 0 aromatic carbocycles. The lowest BCUT2D eigenvalue weighted by Crippen LogP contribution is -2.04. The van der Waals surface area contributed by atoms with E-state index in [1.165, 1.54) is 0 Å². The average Bonchev–Trinajstić information content (AvgIpc) is 2.52. The van der Waals surface area contributed by atoms with Gasteiger partial charge in [-0.1, -0.05) is 26.7 Å². The number of carbonyl (C=O) groups excluding carboxylic acids is 1. The van der Waals surface area contributed by atoms with Crippen LogP contribution in [0.5, 0.6) is 0 Å². The molecule has 0 amide bonds. The van der Waals surface area contributed by atoms with Crippen LogP contribution < -0.4 is 0 Å². The molecule has 0 saturated heterocycles. The maximum atomic E-state index is 11.6. The van der Waals surface area contributed by atoms with Gasteiger partial charge in [-0.3, -0.25) is 4.79 Å². The molecule has 1 atom stereocenters. The van der Waals surface area contributed by atoms with Gasteiger partial charge in [-0.25, -0.2) is 0 Å². The van der Waals surface area contributed by atoms with Crippen LogP contribution in [0.1, 0.15) is 49.4 Å². The van der Waals surface area contributed by atoms with Crippen molar-refractivity contribution in [1.82, 2.24) is 0 Å². The molecular weight excluding hydrogens is 176 g/mol. The summed E-state index contributed by atoms with van der Waals surface area (Å²) < 4.78 is 5.27. The highest BCUT2D eigenvalue weighted by molar-refractivity contribution is 5.93. The van der Waals surface area contributed by atoms with Gasteiger partial charge in [-0.15, -0.1) is 0 Å². The van der Waals surface area contributed by atoms with Crippen LogP contribution in [0.2, 0.25) is 0 Å². The predicted molar refractivity (Wildman–Crippen MR) is 56.5 cm³/mol. The Morgan fingerprint density at radius 2 is 2.21 bits per heavy atom. The Hall–Kier alpha value is -1.05. The van der Waals surface area contributed by atoms with Crippen molar-refractivity contribution in [2.45, 2.75) is 40.0 Å². The molecule has 1 heterocycles. The monoisotopic (exact) mass is 194 g/mol. The Bertz CT molecular complexity index is 299. The third-order valence-electron chi connectivity index (χ3n) is 2.33. The van der Waals surface area contributed by atoms with Crippen molar-refractivity contribution in [3.63, 3.8) is 0 Å². The van der Waals surface area contributed by atoms with Gasteiger partial charge in [0, 0.05) is 6.42 Å². The van der Waals surface area contributed by atoms with Crippen LogP contribution in [0.25, 0.3) is 0 Å². The normalized spacial score (nSPS) is 12.8. The van der Waals surface area contributed by atoms with E-state index in [0.29, 0.717) is 18.1 Å². The molecule has 14 heavy (non-hydrogen) atoms. The van der Waals surface area contributed by atoms with Gasteiger partial charge in [0.2, 0.25) is 0 Å². The fourth-order valence-electron chi connectivity index (χ4n) is 1.60. The molecule has 0 spiro atoms. The van der Waals surface area contributed by atoms with Crippen molar-refractivity contribution in [1.29, 1.82) is 0 Å². The third-order valence-corrected chi connectivity index (χ3v) is 2.33. The lowest BCUT2D eigenvalue weighted by Gasteiger charge is -2.06. The van der Waals surface area contributed by atoms with E-state index in [1.807, 2.05) is 13.0 Å². The first-order chi connectivity index (χ1) is 6.63. The SMILES string of the molecule is CCCC(C)CC(=O)c1ccc(C)o1. The lowest BCUT2D eigenvalue weighted by molar-refractivity contribution is 0.0934. The summed E-state index contributed by atoms with van der Waals surface area (Å²) in [5.41, 5.74) is 0. The summed E-state index contributed by atoms with van der Waals surface area (Å²) in [5.74, 6) is 1.89. The fraction of sp³-hybridized carbons (Fsp3) is 0.583. The molecule has 1 rings (SSSR count). The number of aryl methyl sites for hydroxylation is 1. The molecule has 1 unspecified atom stereocenters. The molecule has 2 nitrogen and oxygen atoms in total. The van der Waals surface area contributed by atoms with Crippen LogP contribution in [-0.2, 0) is 0 Å². The quantitative estimate of drug-likeness (QED) is 0.670. The zero-order chi connectivity index (χ0) is 10.6. The Labute approximate surface area is 85.3 Å². The van der Waals surface area contributed by atoms with Crippen molar-refractivity contribution in [3.05, 3.63) is 23.7 Å². The number of hydrogen-bond donors (Lipinski definition) is 0. The Morgan fingerprint density at radius 3 is 2.71 bits per heavy atom. The summed E-state index contributed by atoms with van der Waals surface area (Å²) >= 11 is 0. The molecule has 0 aliphatic carbocycles. The topological polar surface area (TPSA) is 30.2 Å². The second-order valence-electron chi connectivity index (χ2n) is 3.93. The largest absolute Gasteiger partial charge is 0.458 e. The van der Waals surface area contributed by atoms with Gasteiger partial charge in [0.25, 0.3) is 0 Å². The van der Waals surface area contributed by atoms with Gasteiger partial charge in [0.05, 0.1) is 0 Å². The zero-order valence-corrected chi connectivity index (χ0v) is 9.17. The predicted octanol–water partition coefficient (Wildman–Crippen LogP) is 3.60. The minimum Gasteiger partial charge on any atom is -0.458 e. The van der Waals surface area contributed by atoms with Crippen LogP contribution in [-0.4, -0.2) is 5.78 Å². The van der Waals surface area contributed by atoms with Crippen molar-refractivity contribution in [2.75, 3.05) is 0 Å².